The summed E-state index contributed by atoms with van der Waals surface area (Å²) in [5.74, 6) is 0.0127. The van der Waals surface area contributed by atoms with Crippen molar-refractivity contribution in [1.29, 1.82) is 0 Å². The lowest BCUT2D eigenvalue weighted by molar-refractivity contribution is 0.0374. The van der Waals surface area contributed by atoms with E-state index in [1.807, 2.05) is 0 Å². The average Bonchev–Trinajstić information content (AvgIpc) is 2.57. The number of rotatable bonds is 6. The molecule has 23 heavy (non-hydrogen) atoms. The minimum atomic E-state index is -0.184. The molecule has 1 aliphatic rings. The van der Waals surface area contributed by atoms with Crippen molar-refractivity contribution in [1.82, 2.24) is 19.6 Å². The Hall–Kier alpha value is -1.96. The van der Waals surface area contributed by atoms with Gasteiger partial charge in [0.1, 0.15) is 0 Å². The molecule has 3 rings (SSSR count). The molecule has 0 aliphatic carbocycles. The fourth-order valence-electron chi connectivity index (χ4n) is 2.72. The summed E-state index contributed by atoms with van der Waals surface area (Å²) in [5.41, 5.74) is 0.754. The largest absolute Gasteiger partial charge is 0.504 e. The molecule has 124 valence electrons. The summed E-state index contributed by atoms with van der Waals surface area (Å²) in [6.07, 6.45) is 2.64. The van der Waals surface area contributed by atoms with Gasteiger partial charge in [0, 0.05) is 31.9 Å². The molecule has 1 aliphatic heterocycles. The molecular formula is C16H22N4O3. The first kappa shape index (κ1) is 15.9. The van der Waals surface area contributed by atoms with Gasteiger partial charge in [-0.15, -0.1) is 0 Å². The second-order valence-electron chi connectivity index (χ2n) is 5.66. The standard InChI is InChI=1S/C16H22N4O3/c21-14-3-1-6-20-15(22)11-13(18-16(14)20)12-17-4-2-5-19-7-9-23-10-8-19/h1,3,6,11,17,21H,2,4-5,7-10,12H2. The number of fused-ring (bicyclic) bond motifs is 1. The number of ether oxygens (including phenoxy) is 1. The second kappa shape index (κ2) is 7.54. The predicted molar refractivity (Wildman–Crippen MR) is 86.7 cm³/mol. The summed E-state index contributed by atoms with van der Waals surface area (Å²) in [7, 11) is 0. The highest BCUT2D eigenvalue weighted by atomic mass is 16.5. The van der Waals surface area contributed by atoms with Crippen LogP contribution in [0.15, 0.2) is 29.2 Å². The van der Waals surface area contributed by atoms with Crippen molar-refractivity contribution in [2.75, 3.05) is 39.4 Å². The summed E-state index contributed by atoms with van der Waals surface area (Å²) >= 11 is 0. The van der Waals surface area contributed by atoms with Crippen molar-refractivity contribution < 1.29 is 9.84 Å². The van der Waals surface area contributed by atoms with Crippen LogP contribution in [0.4, 0.5) is 0 Å². The van der Waals surface area contributed by atoms with Gasteiger partial charge in [-0.3, -0.25) is 14.1 Å². The first-order valence-electron chi connectivity index (χ1n) is 7.95. The predicted octanol–water partition coefficient (Wildman–Crippen LogP) is 0.212. The summed E-state index contributed by atoms with van der Waals surface area (Å²) < 4.78 is 6.67. The van der Waals surface area contributed by atoms with Crippen LogP contribution in [0.2, 0.25) is 0 Å². The molecule has 0 bridgehead atoms. The van der Waals surface area contributed by atoms with E-state index in [9.17, 15) is 9.90 Å². The van der Waals surface area contributed by atoms with Gasteiger partial charge in [0.25, 0.3) is 5.56 Å². The van der Waals surface area contributed by atoms with E-state index < -0.39 is 0 Å². The van der Waals surface area contributed by atoms with Crippen LogP contribution in [0.3, 0.4) is 0 Å². The molecule has 0 radical (unpaired) electrons. The van der Waals surface area contributed by atoms with Gasteiger partial charge in [-0.25, -0.2) is 4.98 Å². The van der Waals surface area contributed by atoms with Crippen molar-refractivity contribution in [3.63, 3.8) is 0 Å². The first-order valence-corrected chi connectivity index (χ1v) is 7.95. The fraction of sp³-hybridized carbons (Fsp3) is 0.500. The lowest BCUT2D eigenvalue weighted by Gasteiger charge is -2.26. The third-order valence-electron chi connectivity index (χ3n) is 3.96. The summed E-state index contributed by atoms with van der Waals surface area (Å²) in [6, 6.07) is 4.65. The number of aromatic hydroxyl groups is 1. The third-order valence-corrected chi connectivity index (χ3v) is 3.96. The minimum absolute atomic E-state index is 0.0127. The van der Waals surface area contributed by atoms with E-state index in [1.165, 1.54) is 16.5 Å². The van der Waals surface area contributed by atoms with Gasteiger partial charge in [0.05, 0.1) is 18.9 Å². The monoisotopic (exact) mass is 318 g/mol. The summed E-state index contributed by atoms with van der Waals surface area (Å²) in [5, 5.41) is 13.1. The Balaban J connectivity index is 1.51. The highest BCUT2D eigenvalue weighted by Gasteiger charge is 2.09. The molecule has 0 saturated carbocycles. The highest BCUT2D eigenvalue weighted by Crippen LogP contribution is 2.13. The molecule has 0 spiro atoms. The third kappa shape index (κ3) is 4.07. The van der Waals surface area contributed by atoms with Crippen LogP contribution >= 0.6 is 0 Å². The minimum Gasteiger partial charge on any atom is -0.504 e. The fourth-order valence-corrected chi connectivity index (χ4v) is 2.72. The van der Waals surface area contributed by atoms with Crippen molar-refractivity contribution in [3.8, 4) is 5.75 Å². The van der Waals surface area contributed by atoms with Crippen LogP contribution in [0, 0.1) is 0 Å². The molecule has 1 fully saturated rings. The van der Waals surface area contributed by atoms with Crippen LogP contribution in [0.1, 0.15) is 12.1 Å². The van der Waals surface area contributed by atoms with Gasteiger partial charge in [-0.1, -0.05) is 0 Å². The Bertz CT molecular complexity index is 710. The van der Waals surface area contributed by atoms with Crippen LogP contribution in [-0.2, 0) is 11.3 Å². The molecule has 7 heteroatoms. The maximum absolute atomic E-state index is 12.0. The van der Waals surface area contributed by atoms with Gasteiger partial charge in [-0.05, 0) is 31.6 Å². The van der Waals surface area contributed by atoms with Crippen LogP contribution in [0.25, 0.3) is 5.65 Å². The second-order valence-corrected chi connectivity index (χ2v) is 5.66. The van der Waals surface area contributed by atoms with Gasteiger partial charge < -0.3 is 15.2 Å². The molecule has 7 nitrogen and oxygen atoms in total. The highest BCUT2D eigenvalue weighted by molar-refractivity contribution is 5.52. The Morgan fingerprint density at radius 1 is 1.35 bits per heavy atom. The Labute approximate surface area is 134 Å². The first-order chi connectivity index (χ1) is 11.2. The molecule has 0 unspecified atom stereocenters. The zero-order valence-corrected chi connectivity index (χ0v) is 13.1. The topological polar surface area (TPSA) is 79.1 Å². The maximum Gasteiger partial charge on any atom is 0.258 e. The molecular weight excluding hydrogens is 296 g/mol. The van der Waals surface area contributed by atoms with Crippen LogP contribution < -0.4 is 10.9 Å². The van der Waals surface area contributed by atoms with Gasteiger partial charge in [0.2, 0.25) is 0 Å². The SMILES string of the molecule is O=c1cc(CNCCCN2CCOCC2)nc2c(O)cccn12. The Morgan fingerprint density at radius 2 is 2.17 bits per heavy atom. The molecule has 0 atom stereocenters. The number of hydrogen-bond acceptors (Lipinski definition) is 6. The zero-order valence-electron chi connectivity index (χ0n) is 13.1. The van der Waals surface area contributed by atoms with E-state index in [4.69, 9.17) is 4.74 Å². The Kier molecular flexibility index (Phi) is 5.22. The average molecular weight is 318 g/mol. The quantitative estimate of drug-likeness (QED) is 0.742. The maximum atomic E-state index is 12.0. The zero-order chi connectivity index (χ0) is 16.1. The van der Waals surface area contributed by atoms with Crippen LogP contribution in [-0.4, -0.2) is 58.8 Å². The van der Waals surface area contributed by atoms with Crippen molar-refractivity contribution in [2.24, 2.45) is 0 Å². The van der Waals surface area contributed by atoms with Gasteiger partial charge in [0.15, 0.2) is 11.4 Å². The lowest BCUT2D eigenvalue weighted by Crippen LogP contribution is -2.37. The summed E-state index contributed by atoms with van der Waals surface area (Å²) in [6.45, 7) is 6.07. The van der Waals surface area contributed by atoms with Gasteiger partial charge >= 0.3 is 0 Å². The molecule has 2 aromatic rings. The molecule has 3 heterocycles. The lowest BCUT2D eigenvalue weighted by atomic mass is 10.3. The molecule has 2 N–H and O–H groups in total. The van der Waals surface area contributed by atoms with Crippen LogP contribution in [0.5, 0.6) is 5.75 Å². The molecule has 1 saturated heterocycles. The number of pyridine rings is 1. The normalized spacial score (nSPS) is 16.0. The van der Waals surface area contributed by atoms with E-state index in [1.54, 1.807) is 12.3 Å². The number of nitrogens with one attached hydrogen (secondary N) is 1. The number of morpholine rings is 1. The van der Waals surface area contributed by atoms with Gasteiger partial charge in [-0.2, -0.15) is 0 Å². The molecule has 2 aromatic heterocycles. The number of aromatic nitrogens is 2. The Morgan fingerprint density at radius 3 is 3.00 bits per heavy atom. The molecule has 0 amide bonds. The van der Waals surface area contributed by atoms with E-state index >= 15 is 0 Å². The smallest absolute Gasteiger partial charge is 0.258 e. The number of nitrogens with zero attached hydrogens (tertiary/aromatic N) is 3. The number of hydrogen-bond donors (Lipinski definition) is 2. The van der Waals surface area contributed by atoms with Crippen molar-refractivity contribution in [3.05, 3.63) is 40.4 Å². The summed E-state index contributed by atoms with van der Waals surface area (Å²) in [4.78, 5) is 18.8. The van der Waals surface area contributed by atoms with Crippen molar-refractivity contribution >= 4 is 5.65 Å². The molecule has 0 aromatic carbocycles. The van der Waals surface area contributed by atoms with E-state index in [-0.39, 0.29) is 11.3 Å². The van der Waals surface area contributed by atoms with E-state index in [2.05, 4.69) is 15.2 Å². The van der Waals surface area contributed by atoms with E-state index in [0.717, 1.165) is 45.8 Å². The van der Waals surface area contributed by atoms with E-state index in [0.29, 0.717) is 17.9 Å². The van der Waals surface area contributed by atoms with Crippen molar-refractivity contribution in [2.45, 2.75) is 13.0 Å².